The van der Waals surface area contributed by atoms with Crippen LogP contribution in [0.4, 0.5) is 11.5 Å². The Balaban J connectivity index is 2.15. The predicted octanol–water partition coefficient (Wildman–Crippen LogP) is 2.45. The maximum absolute atomic E-state index is 7.70. The normalized spacial score (nSPS) is 17.3. The molecule has 0 fully saturated rings. The number of rotatable bonds is 2. The van der Waals surface area contributed by atoms with Crippen LogP contribution in [0.2, 0.25) is 0 Å². The first-order valence-electron chi connectivity index (χ1n) is 6.35. The molecule has 1 atom stereocenters. The summed E-state index contributed by atoms with van der Waals surface area (Å²) < 4.78 is 0. The Labute approximate surface area is 112 Å². The molecular weight excluding hydrogens is 236 g/mol. The SMILES string of the molecule is CC1Cc2ccccc2N1c1ncccc1C(=N)N. The van der Waals surface area contributed by atoms with Gasteiger partial charge in [-0.05, 0) is 37.1 Å². The van der Waals surface area contributed by atoms with Gasteiger partial charge in [0.05, 0.1) is 5.56 Å². The number of nitrogens with one attached hydrogen (secondary N) is 1. The largest absolute Gasteiger partial charge is 0.384 e. The molecule has 0 saturated carbocycles. The maximum Gasteiger partial charge on any atom is 0.144 e. The van der Waals surface area contributed by atoms with E-state index in [-0.39, 0.29) is 5.84 Å². The first-order chi connectivity index (χ1) is 9.18. The van der Waals surface area contributed by atoms with Gasteiger partial charge in [-0.1, -0.05) is 18.2 Å². The molecule has 2 aromatic rings. The number of nitrogens with two attached hydrogens (primary N) is 1. The van der Waals surface area contributed by atoms with Gasteiger partial charge < -0.3 is 10.6 Å². The number of para-hydroxylation sites is 1. The van der Waals surface area contributed by atoms with Crippen LogP contribution in [0.3, 0.4) is 0 Å². The first kappa shape index (κ1) is 11.7. The van der Waals surface area contributed by atoms with Gasteiger partial charge in [0.2, 0.25) is 0 Å². The lowest BCUT2D eigenvalue weighted by Gasteiger charge is -2.25. The van der Waals surface area contributed by atoms with Crippen LogP contribution in [0.25, 0.3) is 0 Å². The van der Waals surface area contributed by atoms with Crippen LogP contribution in [-0.2, 0) is 6.42 Å². The van der Waals surface area contributed by atoms with Gasteiger partial charge >= 0.3 is 0 Å². The van der Waals surface area contributed by atoms with E-state index in [1.54, 1.807) is 6.20 Å². The number of anilines is 2. The van der Waals surface area contributed by atoms with Gasteiger partial charge in [0.25, 0.3) is 0 Å². The van der Waals surface area contributed by atoms with Crippen LogP contribution >= 0.6 is 0 Å². The number of pyridine rings is 1. The lowest BCUT2D eigenvalue weighted by atomic mass is 10.1. The van der Waals surface area contributed by atoms with Crippen molar-refractivity contribution in [1.29, 1.82) is 5.41 Å². The highest BCUT2D eigenvalue weighted by Crippen LogP contribution is 2.38. The van der Waals surface area contributed by atoms with Gasteiger partial charge in [0.1, 0.15) is 11.7 Å². The third-order valence-corrected chi connectivity index (χ3v) is 3.51. The first-order valence-corrected chi connectivity index (χ1v) is 6.35. The average molecular weight is 252 g/mol. The van der Waals surface area contributed by atoms with Crippen LogP contribution in [0.5, 0.6) is 0 Å². The fourth-order valence-electron chi connectivity index (χ4n) is 2.69. The molecule has 2 heterocycles. The fourth-order valence-corrected chi connectivity index (χ4v) is 2.69. The Morgan fingerprint density at radius 2 is 2.11 bits per heavy atom. The van der Waals surface area contributed by atoms with Gasteiger partial charge in [-0.2, -0.15) is 0 Å². The standard InChI is InChI=1S/C15H16N4/c1-10-9-11-5-2-3-7-13(11)19(10)15-12(14(16)17)6-4-8-18-15/h2-8,10H,9H2,1H3,(H3,16,17). The molecule has 1 aliphatic rings. The molecular formula is C15H16N4. The topological polar surface area (TPSA) is 66.0 Å². The zero-order valence-corrected chi connectivity index (χ0v) is 10.8. The third-order valence-electron chi connectivity index (χ3n) is 3.51. The fraction of sp³-hybridized carbons (Fsp3) is 0.200. The van der Waals surface area contributed by atoms with Gasteiger partial charge in [-0.25, -0.2) is 4.98 Å². The van der Waals surface area contributed by atoms with Gasteiger partial charge in [-0.15, -0.1) is 0 Å². The maximum atomic E-state index is 7.70. The highest BCUT2D eigenvalue weighted by molar-refractivity contribution is 6.00. The minimum absolute atomic E-state index is 0.0553. The van der Waals surface area contributed by atoms with Crippen molar-refractivity contribution in [3.8, 4) is 0 Å². The molecule has 1 aliphatic heterocycles. The number of nitrogen functional groups attached to an aromatic ring is 1. The Morgan fingerprint density at radius 1 is 1.32 bits per heavy atom. The summed E-state index contributed by atoms with van der Waals surface area (Å²) in [5.74, 6) is 0.826. The Bertz CT molecular complexity index is 636. The molecule has 19 heavy (non-hydrogen) atoms. The molecule has 4 nitrogen and oxygen atoms in total. The van der Waals surface area contributed by atoms with E-state index >= 15 is 0 Å². The summed E-state index contributed by atoms with van der Waals surface area (Å²) >= 11 is 0. The zero-order chi connectivity index (χ0) is 13.4. The molecule has 0 saturated heterocycles. The Morgan fingerprint density at radius 3 is 2.89 bits per heavy atom. The molecule has 0 radical (unpaired) electrons. The number of hydrogen-bond acceptors (Lipinski definition) is 3. The number of benzene rings is 1. The predicted molar refractivity (Wildman–Crippen MR) is 77.0 cm³/mol. The summed E-state index contributed by atoms with van der Waals surface area (Å²) in [6.45, 7) is 2.17. The van der Waals surface area contributed by atoms with Crippen molar-refractivity contribution in [2.75, 3.05) is 4.90 Å². The van der Waals surface area contributed by atoms with E-state index in [0.29, 0.717) is 11.6 Å². The van der Waals surface area contributed by atoms with Crippen molar-refractivity contribution < 1.29 is 0 Å². The number of nitrogens with zero attached hydrogens (tertiary/aromatic N) is 2. The van der Waals surface area contributed by atoms with Crippen LogP contribution in [-0.4, -0.2) is 16.9 Å². The zero-order valence-electron chi connectivity index (χ0n) is 10.8. The van der Waals surface area contributed by atoms with Crippen molar-refractivity contribution in [2.45, 2.75) is 19.4 Å². The van der Waals surface area contributed by atoms with Gasteiger partial charge in [0.15, 0.2) is 0 Å². The second kappa shape index (κ2) is 4.39. The quantitative estimate of drug-likeness (QED) is 0.637. The summed E-state index contributed by atoms with van der Waals surface area (Å²) in [5.41, 5.74) is 8.83. The Hall–Kier alpha value is -2.36. The molecule has 3 N–H and O–H groups in total. The lowest BCUT2D eigenvalue weighted by Crippen LogP contribution is -2.28. The molecule has 96 valence electrons. The summed E-state index contributed by atoms with van der Waals surface area (Å²) in [5, 5.41) is 7.70. The molecule has 0 amide bonds. The second-order valence-electron chi connectivity index (χ2n) is 4.84. The lowest BCUT2D eigenvalue weighted by molar-refractivity contribution is 0.750. The van der Waals surface area contributed by atoms with Crippen LogP contribution in [0, 0.1) is 5.41 Å². The highest BCUT2D eigenvalue weighted by atomic mass is 15.2. The van der Waals surface area contributed by atoms with Crippen LogP contribution in [0.1, 0.15) is 18.1 Å². The second-order valence-corrected chi connectivity index (χ2v) is 4.84. The minimum Gasteiger partial charge on any atom is -0.384 e. The van der Waals surface area contributed by atoms with Crippen molar-refractivity contribution in [2.24, 2.45) is 5.73 Å². The molecule has 3 rings (SSSR count). The number of hydrogen-bond donors (Lipinski definition) is 2. The smallest absolute Gasteiger partial charge is 0.144 e. The van der Waals surface area contributed by atoms with E-state index in [2.05, 4.69) is 35.0 Å². The number of fused-ring (bicyclic) bond motifs is 1. The van der Waals surface area contributed by atoms with E-state index in [1.807, 2.05) is 18.2 Å². The molecule has 4 heteroatoms. The Kier molecular flexibility index (Phi) is 2.71. The van der Waals surface area contributed by atoms with Gasteiger partial charge in [0, 0.05) is 17.9 Å². The average Bonchev–Trinajstić information content (AvgIpc) is 2.74. The van der Waals surface area contributed by atoms with E-state index in [1.165, 1.54) is 5.56 Å². The summed E-state index contributed by atoms with van der Waals surface area (Å²) in [7, 11) is 0. The summed E-state index contributed by atoms with van der Waals surface area (Å²) in [6.07, 6.45) is 2.74. The molecule has 1 aromatic carbocycles. The van der Waals surface area contributed by atoms with Gasteiger partial charge in [-0.3, -0.25) is 5.41 Å². The van der Waals surface area contributed by atoms with Crippen molar-refractivity contribution in [3.05, 3.63) is 53.7 Å². The van der Waals surface area contributed by atoms with E-state index in [9.17, 15) is 0 Å². The third kappa shape index (κ3) is 1.85. The monoisotopic (exact) mass is 252 g/mol. The van der Waals surface area contributed by atoms with Crippen molar-refractivity contribution in [3.63, 3.8) is 0 Å². The molecule has 0 bridgehead atoms. The van der Waals surface area contributed by atoms with E-state index < -0.39 is 0 Å². The van der Waals surface area contributed by atoms with E-state index in [4.69, 9.17) is 11.1 Å². The van der Waals surface area contributed by atoms with Crippen molar-refractivity contribution in [1.82, 2.24) is 4.98 Å². The van der Waals surface area contributed by atoms with Crippen molar-refractivity contribution >= 4 is 17.3 Å². The number of amidine groups is 1. The highest BCUT2D eigenvalue weighted by Gasteiger charge is 2.29. The molecule has 1 aromatic heterocycles. The van der Waals surface area contributed by atoms with E-state index in [0.717, 1.165) is 17.9 Å². The molecule has 0 aliphatic carbocycles. The number of aromatic nitrogens is 1. The van der Waals surface area contributed by atoms with Crippen LogP contribution in [0.15, 0.2) is 42.6 Å². The summed E-state index contributed by atoms with van der Waals surface area (Å²) in [4.78, 5) is 6.61. The molecule has 0 spiro atoms. The minimum atomic E-state index is 0.0553. The van der Waals surface area contributed by atoms with Crippen LogP contribution < -0.4 is 10.6 Å². The molecule has 1 unspecified atom stereocenters. The summed E-state index contributed by atoms with van der Waals surface area (Å²) in [6, 6.07) is 12.3.